The first-order chi connectivity index (χ1) is 13.2. The minimum atomic E-state index is -0.578. The molecule has 0 spiro atoms. The van der Waals surface area contributed by atoms with Crippen molar-refractivity contribution in [1.82, 2.24) is 0 Å². The Morgan fingerprint density at radius 2 is 1.61 bits per heavy atom. The molecule has 0 aromatic heterocycles. The van der Waals surface area contributed by atoms with Gasteiger partial charge in [-0.1, -0.05) is 12.1 Å². The quantitative estimate of drug-likeness (QED) is 0.391. The van der Waals surface area contributed by atoms with Crippen molar-refractivity contribution in [2.24, 2.45) is 4.99 Å². The summed E-state index contributed by atoms with van der Waals surface area (Å²) in [6.45, 7) is 2.05. The van der Waals surface area contributed by atoms with Crippen LogP contribution in [0.1, 0.15) is 18.1 Å². The molecule has 0 saturated heterocycles. The molecule has 0 bridgehead atoms. The van der Waals surface area contributed by atoms with Gasteiger partial charge in [0.2, 0.25) is 0 Å². The van der Waals surface area contributed by atoms with Crippen LogP contribution in [0.4, 0.5) is 4.79 Å². The largest absolute Gasteiger partial charge is 0.448 e. The number of carbonyl (C=O) groups is 1. The number of rotatable bonds is 4. The zero-order valence-corrected chi connectivity index (χ0v) is 17.3. The Bertz CT molecular complexity index is 638. The topological polar surface area (TPSA) is 62.4 Å². The van der Waals surface area contributed by atoms with Gasteiger partial charge in [-0.2, -0.15) is 10.3 Å². The summed E-state index contributed by atoms with van der Waals surface area (Å²) >= 11 is 1.47. The number of nitrogens with zero attached hydrogens (tertiary/aromatic N) is 2. The Labute approximate surface area is 184 Å². The van der Waals surface area contributed by atoms with Gasteiger partial charge in [0.1, 0.15) is 0 Å². The molecule has 0 aliphatic heterocycles. The van der Waals surface area contributed by atoms with Crippen LogP contribution in [0.3, 0.4) is 0 Å². The molecule has 0 unspecified atom stereocenters. The number of amides is 1. The number of hydrogen-bond acceptors (Lipinski definition) is 4. The molecule has 28 heavy (non-hydrogen) atoms. The molecule has 144 valence electrons. The Balaban J connectivity index is 0.000000567. The monoisotopic (exact) mass is 432 g/mol. The van der Waals surface area contributed by atoms with E-state index in [1.165, 1.54) is 11.8 Å². The van der Waals surface area contributed by atoms with E-state index >= 15 is 0 Å². The second kappa shape index (κ2) is 14.7. The fourth-order valence-corrected chi connectivity index (χ4v) is 3.02. The molecule has 6 heteroatoms. The van der Waals surface area contributed by atoms with Crippen LogP contribution in [0.15, 0.2) is 29.3 Å². The maximum atomic E-state index is 11.6. The molecule has 1 amide bonds. The molecular formula is C22H20FeN2O2S. The molecule has 2 aliphatic rings. The molecule has 2 aliphatic carbocycles. The average Bonchev–Trinajstić information content (AvgIpc) is 3.42. The Morgan fingerprint density at radius 3 is 2.11 bits per heavy atom. The number of aliphatic imine (C=N–C) groups is 1. The molecule has 2 fully saturated rings. The van der Waals surface area contributed by atoms with Gasteiger partial charge < -0.3 is 4.74 Å². The van der Waals surface area contributed by atoms with E-state index in [1.54, 1.807) is 19.1 Å². The maximum absolute atomic E-state index is 11.6. The molecule has 4 nitrogen and oxygen atoms in total. The first-order valence-electron chi connectivity index (χ1n) is 8.49. The summed E-state index contributed by atoms with van der Waals surface area (Å²) in [6, 6.07) is 9.45. The number of benzene rings is 1. The van der Waals surface area contributed by atoms with Crippen LogP contribution in [0.5, 0.6) is 0 Å². The summed E-state index contributed by atoms with van der Waals surface area (Å²) < 4.78 is 4.88. The smallest absolute Gasteiger partial charge is 0.434 e. The molecular weight excluding hydrogens is 412 g/mol. The molecule has 1 aromatic rings. The SMILES string of the molecule is CCOC(=O)/N=C(\SCc1ccc(C#N)cc1)[C]1[CH][CH][CH][CH]1.[CH]1[CH][CH][CH][CH]1.[Fe]. The van der Waals surface area contributed by atoms with Crippen molar-refractivity contribution in [2.75, 3.05) is 6.61 Å². The third kappa shape index (κ3) is 9.28. The van der Waals surface area contributed by atoms with E-state index in [2.05, 4.69) is 11.1 Å². The molecule has 2 saturated carbocycles. The van der Waals surface area contributed by atoms with Crippen molar-refractivity contribution in [2.45, 2.75) is 12.7 Å². The van der Waals surface area contributed by atoms with E-state index in [1.807, 2.05) is 69.9 Å². The van der Waals surface area contributed by atoms with Gasteiger partial charge in [-0.05, 0) is 82.4 Å². The summed E-state index contributed by atoms with van der Waals surface area (Å²) in [5.41, 5.74) is 1.69. The Hall–Kier alpha value is -1.28. The van der Waals surface area contributed by atoms with Crippen LogP contribution >= 0.6 is 11.8 Å². The van der Waals surface area contributed by atoms with Crippen molar-refractivity contribution in [3.8, 4) is 6.07 Å². The van der Waals surface area contributed by atoms with Gasteiger partial charge in [-0.15, -0.1) is 11.8 Å². The number of ether oxygens (including phenoxy) is 1. The van der Waals surface area contributed by atoms with Gasteiger partial charge in [0.05, 0.1) is 23.3 Å². The molecule has 10 radical (unpaired) electrons. The predicted octanol–water partition coefficient (Wildman–Crippen LogP) is 4.77. The first-order valence-corrected chi connectivity index (χ1v) is 9.47. The van der Waals surface area contributed by atoms with Gasteiger partial charge in [0.25, 0.3) is 0 Å². The Kier molecular flexibility index (Phi) is 13.0. The summed E-state index contributed by atoms with van der Waals surface area (Å²) in [5.74, 6) is 1.56. The molecule has 1 aromatic carbocycles. The van der Waals surface area contributed by atoms with E-state index in [9.17, 15) is 4.79 Å². The summed E-state index contributed by atoms with van der Waals surface area (Å²) in [7, 11) is 0. The van der Waals surface area contributed by atoms with Gasteiger partial charge >= 0.3 is 6.09 Å². The van der Waals surface area contributed by atoms with E-state index in [-0.39, 0.29) is 17.1 Å². The van der Waals surface area contributed by atoms with Crippen molar-refractivity contribution >= 4 is 22.9 Å². The summed E-state index contributed by atoms with van der Waals surface area (Å²) in [4.78, 5) is 15.6. The molecule has 0 atom stereocenters. The number of hydrogen-bond donors (Lipinski definition) is 0. The normalized spacial score (nSPS) is 16.5. The van der Waals surface area contributed by atoms with Gasteiger partial charge in [0, 0.05) is 28.7 Å². The first kappa shape index (κ1) is 24.8. The van der Waals surface area contributed by atoms with Crippen LogP contribution in [0, 0.1) is 75.0 Å². The van der Waals surface area contributed by atoms with Crippen molar-refractivity contribution in [3.63, 3.8) is 0 Å². The van der Waals surface area contributed by atoms with Gasteiger partial charge in [-0.25, -0.2) is 4.79 Å². The van der Waals surface area contributed by atoms with Crippen LogP contribution < -0.4 is 0 Å². The van der Waals surface area contributed by atoms with Crippen LogP contribution in [-0.2, 0) is 27.6 Å². The predicted molar refractivity (Wildman–Crippen MR) is 109 cm³/mol. The van der Waals surface area contributed by atoms with E-state index < -0.39 is 6.09 Å². The van der Waals surface area contributed by atoms with Gasteiger partial charge in [-0.3, -0.25) is 0 Å². The fourth-order valence-electron chi connectivity index (χ4n) is 2.08. The maximum Gasteiger partial charge on any atom is 0.434 e. The number of nitriles is 1. The second-order valence-corrected chi connectivity index (χ2v) is 6.31. The average molecular weight is 432 g/mol. The number of carbonyl (C=O) groups excluding carboxylic acids is 1. The summed E-state index contributed by atoms with van der Waals surface area (Å²) in [5, 5.41) is 9.43. The van der Waals surface area contributed by atoms with E-state index in [0.29, 0.717) is 23.0 Å². The minimum Gasteiger partial charge on any atom is -0.448 e. The van der Waals surface area contributed by atoms with Crippen molar-refractivity contribution in [3.05, 3.63) is 99.1 Å². The third-order valence-electron chi connectivity index (χ3n) is 3.38. The minimum absolute atomic E-state index is 0. The second-order valence-electron chi connectivity index (χ2n) is 5.35. The van der Waals surface area contributed by atoms with Crippen LogP contribution in [0.25, 0.3) is 0 Å². The molecule has 3 rings (SSSR count). The van der Waals surface area contributed by atoms with Crippen molar-refractivity contribution < 1.29 is 26.6 Å². The zero-order valence-electron chi connectivity index (χ0n) is 15.4. The molecule has 0 heterocycles. The number of thioether (sulfide) groups is 1. The van der Waals surface area contributed by atoms with E-state index in [0.717, 1.165) is 11.5 Å². The Morgan fingerprint density at radius 1 is 1.04 bits per heavy atom. The fraction of sp³-hybridized carbons (Fsp3) is 0.136. The van der Waals surface area contributed by atoms with Crippen molar-refractivity contribution in [1.29, 1.82) is 5.26 Å². The zero-order chi connectivity index (χ0) is 19.3. The summed E-state index contributed by atoms with van der Waals surface area (Å²) in [6.07, 6.45) is 17.0. The standard InChI is InChI=1S/C17H15N2O2S.C5H5.Fe/c1-2-21-17(20)19-16(15-5-3-4-6-15)22-12-14-9-7-13(11-18)8-10-14;1-2-4-5-3-1;/h3-10H,2,12H2,1H3;1-5H;/b19-16-;;. The van der Waals surface area contributed by atoms with Gasteiger partial charge in [0.15, 0.2) is 0 Å². The third-order valence-corrected chi connectivity index (χ3v) is 4.46. The van der Waals surface area contributed by atoms with E-state index in [4.69, 9.17) is 10.00 Å². The van der Waals surface area contributed by atoms with Crippen LogP contribution in [-0.4, -0.2) is 17.7 Å². The van der Waals surface area contributed by atoms with Crippen LogP contribution in [0.2, 0.25) is 0 Å². The molecule has 0 N–H and O–H groups in total.